The molecule has 6 nitrogen and oxygen atoms in total. The van der Waals surface area contributed by atoms with Crippen molar-refractivity contribution in [3.63, 3.8) is 0 Å². The Labute approximate surface area is 204 Å². The maximum absolute atomic E-state index is 13.4. The molecular weight excluding hydrogens is 512 g/mol. The van der Waals surface area contributed by atoms with E-state index in [4.69, 9.17) is 5.26 Å². The van der Waals surface area contributed by atoms with Crippen LogP contribution in [0.1, 0.15) is 36.6 Å². The maximum Gasteiger partial charge on any atom is 0.420 e. The van der Waals surface area contributed by atoms with Crippen LogP contribution in [-0.4, -0.2) is 39.0 Å². The maximum atomic E-state index is 13.4. The quantitative estimate of drug-likeness (QED) is 0.565. The number of fused-ring (bicyclic) bond motifs is 1. The third kappa shape index (κ3) is 4.57. The molecule has 3 rings (SSSR count). The van der Waals surface area contributed by atoms with Crippen molar-refractivity contribution < 1.29 is 40.1 Å². The van der Waals surface area contributed by atoms with Crippen LogP contribution >= 0.6 is 0 Å². The number of benzene rings is 2. The molecule has 1 N–H and O–H groups in total. The third-order valence-electron chi connectivity index (χ3n) is 5.84. The lowest BCUT2D eigenvalue weighted by Gasteiger charge is -2.31. The molecule has 0 aromatic heterocycles. The number of hydrogen-bond donors (Lipinski definition) is 1. The Morgan fingerprint density at radius 1 is 1.08 bits per heavy atom. The zero-order valence-electron chi connectivity index (χ0n) is 18.8. The van der Waals surface area contributed by atoms with Crippen LogP contribution in [0.5, 0.6) is 0 Å². The van der Waals surface area contributed by atoms with E-state index in [-0.39, 0.29) is 12.2 Å². The average Bonchev–Trinajstić information content (AvgIpc) is 3.18. The second kappa shape index (κ2) is 9.57. The molecule has 0 saturated heterocycles. The van der Waals surface area contributed by atoms with Gasteiger partial charge in [-0.05, 0) is 41.0 Å². The lowest BCUT2D eigenvalue weighted by Crippen LogP contribution is -2.52. The van der Waals surface area contributed by atoms with Gasteiger partial charge >= 0.3 is 12.4 Å². The number of carbonyl (C=O) groups is 2. The minimum absolute atomic E-state index is 0.0539. The number of nitriles is 1. The van der Waals surface area contributed by atoms with E-state index in [1.54, 1.807) is 25.1 Å². The predicted molar refractivity (Wildman–Crippen MR) is 117 cm³/mol. The van der Waals surface area contributed by atoms with E-state index < -0.39 is 52.0 Å². The van der Waals surface area contributed by atoms with Crippen molar-refractivity contribution in [2.45, 2.75) is 49.1 Å². The minimum atomic E-state index is -5.94. The molecule has 0 radical (unpaired) electrons. The lowest BCUT2D eigenvalue weighted by molar-refractivity contribution is -0.283. The summed E-state index contributed by atoms with van der Waals surface area (Å²) in [7, 11) is -1.27. The van der Waals surface area contributed by atoms with Crippen molar-refractivity contribution in [3.8, 4) is 6.07 Å². The number of amides is 2. The molecule has 0 aliphatic carbocycles. The van der Waals surface area contributed by atoms with E-state index in [1.165, 1.54) is 11.8 Å². The fraction of sp³-hybridized carbons (Fsp3) is 0.348. The van der Waals surface area contributed by atoms with Gasteiger partial charge in [-0.3, -0.25) is 13.8 Å². The second-order valence-corrected chi connectivity index (χ2v) is 9.71. The Morgan fingerprint density at radius 2 is 1.67 bits per heavy atom. The Kier molecular flexibility index (Phi) is 7.23. The predicted octanol–water partition coefficient (Wildman–Crippen LogP) is 4.74. The summed E-state index contributed by atoms with van der Waals surface area (Å²) in [6.07, 6.45) is -11.9. The molecule has 0 fully saturated rings. The molecule has 1 aliphatic heterocycles. The SMILES string of the molecule is CCS(=O)c1ccc2c(c1)CN(C(C)=O)C2C(=O)Nc1ccc(C(C#N)(C(F)(F)F)C(F)(F)F)cc1. The normalized spacial score (nSPS) is 16.8. The summed E-state index contributed by atoms with van der Waals surface area (Å²) in [6, 6.07) is 6.56. The standard InChI is InChI=1S/C23H19F6N3O3S/c1-3-36(35)17-8-9-18-14(10-17)11-32(13(2)33)19(18)20(34)31-16-6-4-15(5-7-16)21(12-30,22(24,25)26)23(27,28)29/h4-10,19H,3,11H2,1-2H3,(H,31,34). The summed E-state index contributed by atoms with van der Waals surface area (Å²) in [5.74, 6) is -0.835. The highest BCUT2D eigenvalue weighted by molar-refractivity contribution is 7.85. The first-order valence-corrected chi connectivity index (χ1v) is 11.7. The summed E-state index contributed by atoms with van der Waals surface area (Å²) in [6.45, 7) is 3.02. The first kappa shape index (κ1) is 27.2. The highest BCUT2D eigenvalue weighted by Crippen LogP contribution is 2.51. The van der Waals surface area contributed by atoms with Gasteiger partial charge in [-0.25, -0.2) is 0 Å². The van der Waals surface area contributed by atoms with Crippen molar-refractivity contribution in [2.75, 3.05) is 11.1 Å². The zero-order valence-corrected chi connectivity index (χ0v) is 19.6. The van der Waals surface area contributed by atoms with Crippen LogP contribution in [-0.2, 0) is 32.3 Å². The monoisotopic (exact) mass is 531 g/mol. The van der Waals surface area contributed by atoms with E-state index >= 15 is 0 Å². The van der Waals surface area contributed by atoms with Crippen LogP contribution in [0.25, 0.3) is 0 Å². The van der Waals surface area contributed by atoms with Crippen LogP contribution in [0.2, 0.25) is 0 Å². The Morgan fingerprint density at radius 3 is 2.14 bits per heavy atom. The fourth-order valence-corrected chi connectivity index (χ4v) is 4.83. The summed E-state index contributed by atoms with van der Waals surface area (Å²) in [5, 5.41) is 11.3. The smallest absolute Gasteiger partial charge is 0.324 e. The first-order chi connectivity index (χ1) is 16.7. The van der Waals surface area contributed by atoms with Gasteiger partial charge in [0.2, 0.25) is 5.91 Å². The Bertz CT molecular complexity index is 1240. The van der Waals surface area contributed by atoms with Crippen molar-refractivity contribution >= 4 is 28.3 Å². The highest BCUT2D eigenvalue weighted by atomic mass is 32.2. The third-order valence-corrected chi connectivity index (χ3v) is 7.15. The van der Waals surface area contributed by atoms with Crippen LogP contribution in [0.3, 0.4) is 0 Å². The molecule has 0 bridgehead atoms. The van der Waals surface area contributed by atoms with Crippen molar-refractivity contribution in [3.05, 3.63) is 59.2 Å². The second-order valence-electron chi connectivity index (χ2n) is 7.97. The van der Waals surface area contributed by atoms with Crippen molar-refractivity contribution in [2.24, 2.45) is 0 Å². The molecule has 2 unspecified atom stereocenters. The van der Waals surface area contributed by atoms with Gasteiger partial charge in [-0.1, -0.05) is 25.1 Å². The highest BCUT2D eigenvalue weighted by Gasteiger charge is 2.72. The molecule has 0 saturated carbocycles. The van der Waals surface area contributed by atoms with E-state index in [1.807, 2.05) is 0 Å². The van der Waals surface area contributed by atoms with E-state index in [2.05, 4.69) is 5.32 Å². The number of carbonyl (C=O) groups excluding carboxylic acids is 2. The largest absolute Gasteiger partial charge is 0.420 e. The summed E-state index contributed by atoms with van der Waals surface area (Å²) in [5.41, 5.74) is -5.19. The summed E-state index contributed by atoms with van der Waals surface area (Å²) in [4.78, 5) is 27.0. The van der Waals surface area contributed by atoms with Gasteiger partial charge < -0.3 is 10.2 Å². The number of anilines is 1. The van der Waals surface area contributed by atoms with E-state index in [0.717, 1.165) is 12.1 Å². The number of alkyl halides is 6. The molecule has 192 valence electrons. The summed E-state index contributed by atoms with van der Waals surface area (Å²) >= 11 is 0. The number of hydrogen-bond acceptors (Lipinski definition) is 4. The van der Waals surface area contributed by atoms with Crippen LogP contribution in [0.15, 0.2) is 47.4 Å². The van der Waals surface area contributed by atoms with Gasteiger partial charge in [0.1, 0.15) is 6.04 Å². The van der Waals surface area contributed by atoms with Gasteiger partial charge in [0.15, 0.2) is 0 Å². The van der Waals surface area contributed by atoms with Gasteiger partial charge in [0.05, 0.1) is 16.9 Å². The van der Waals surface area contributed by atoms with Gasteiger partial charge in [-0.2, -0.15) is 31.6 Å². The molecule has 2 aromatic rings. The molecule has 1 aliphatic rings. The molecule has 2 aromatic carbocycles. The lowest BCUT2D eigenvalue weighted by atomic mass is 9.80. The van der Waals surface area contributed by atoms with Crippen LogP contribution in [0, 0.1) is 11.3 Å². The van der Waals surface area contributed by atoms with Crippen LogP contribution < -0.4 is 5.32 Å². The van der Waals surface area contributed by atoms with Crippen LogP contribution in [0.4, 0.5) is 32.0 Å². The molecule has 2 atom stereocenters. The number of rotatable bonds is 5. The molecular formula is C23H19F6N3O3S. The van der Waals surface area contributed by atoms with E-state index in [0.29, 0.717) is 40.0 Å². The molecule has 2 amide bonds. The van der Waals surface area contributed by atoms with Crippen molar-refractivity contribution in [1.82, 2.24) is 4.90 Å². The fourth-order valence-electron chi connectivity index (χ4n) is 4.01. The Hall–Kier alpha value is -3.40. The number of halogens is 6. The molecule has 36 heavy (non-hydrogen) atoms. The molecule has 1 heterocycles. The topological polar surface area (TPSA) is 90.3 Å². The van der Waals surface area contributed by atoms with Crippen molar-refractivity contribution in [1.29, 1.82) is 5.26 Å². The molecule has 0 spiro atoms. The minimum Gasteiger partial charge on any atom is -0.324 e. The van der Waals surface area contributed by atoms with Gasteiger partial charge in [0.25, 0.3) is 11.3 Å². The van der Waals surface area contributed by atoms with Gasteiger partial charge in [-0.15, -0.1) is 0 Å². The molecule has 13 heteroatoms. The van der Waals surface area contributed by atoms with E-state index in [9.17, 15) is 40.1 Å². The first-order valence-electron chi connectivity index (χ1n) is 10.4. The number of nitrogens with zero attached hydrogens (tertiary/aromatic N) is 2. The zero-order chi connectivity index (χ0) is 27.1. The number of nitrogens with one attached hydrogen (secondary N) is 1. The average molecular weight is 531 g/mol. The van der Waals surface area contributed by atoms with Gasteiger partial charge in [0, 0.05) is 29.8 Å². The summed E-state index contributed by atoms with van der Waals surface area (Å²) < 4.78 is 92.3. The Balaban J connectivity index is 1.93.